The van der Waals surface area contributed by atoms with Crippen LogP contribution in [-0.2, 0) is 5.33 Å². The van der Waals surface area contributed by atoms with Crippen LogP contribution in [0.2, 0.25) is 0 Å². The molecule has 2 aromatic rings. The molecule has 0 saturated carbocycles. The van der Waals surface area contributed by atoms with Gasteiger partial charge in [-0.15, -0.1) is 10.2 Å². The maximum atomic E-state index is 3.97. The number of alkyl halides is 1. The summed E-state index contributed by atoms with van der Waals surface area (Å²) in [6.07, 6.45) is 3.63. The number of hydrogen-bond donors (Lipinski definition) is 0. The fourth-order valence-corrected chi connectivity index (χ4v) is 1.45. The molecule has 2 aromatic heterocycles. The molecule has 0 N–H and O–H groups in total. The fourth-order valence-electron chi connectivity index (χ4n) is 1.01. The molecule has 56 valence electrons. The van der Waals surface area contributed by atoms with Crippen LogP contribution in [0.15, 0.2) is 24.7 Å². The Morgan fingerprint density at radius 3 is 3.27 bits per heavy atom. The van der Waals surface area contributed by atoms with E-state index < -0.39 is 0 Å². The summed E-state index contributed by atoms with van der Waals surface area (Å²) in [5.41, 5.74) is 2.08. The fraction of sp³-hybridized carbons (Fsp3) is 0.143. The van der Waals surface area contributed by atoms with E-state index in [1.54, 1.807) is 6.33 Å². The van der Waals surface area contributed by atoms with E-state index in [2.05, 4.69) is 26.1 Å². The van der Waals surface area contributed by atoms with E-state index in [0.29, 0.717) is 0 Å². The van der Waals surface area contributed by atoms with Crippen LogP contribution in [0.4, 0.5) is 0 Å². The molecule has 0 radical (unpaired) electrons. The minimum Gasteiger partial charge on any atom is -0.289 e. The summed E-state index contributed by atoms with van der Waals surface area (Å²) in [5, 5.41) is 8.59. The summed E-state index contributed by atoms with van der Waals surface area (Å²) < 4.78 is 1.90. The van der Waals surface area contributed by atoms with Gasteiger partial charge >= 0.3 is 0 Å². The average Bonchev–Trinajstić information content (AvgIpc) is 2.50. The smallest absolute Gasteiger partial charge is 0.164 e. The third-order valence-corrected chi connectivity index (χ3v) is 2.15. The lowest BCUT2D eigenvalue weighted by Crippen LogP contribution is -1.87. The van der Waals surface area contributed by atoms with Crippen molar-refractivity contribution in [2.24, 2.45) is 0 Å². The predicted molar refractivity (Wildman–Crippen MR) is 45.6 cm³/mol. The molecule has 0 aliphatic heterocycles. The third kappa shape index (κ3) is 1.03. The first-order valence-electron chi connectivity index (χ1n) is 3.25. The molecule has 2 rings (SSSR count). The van der Waals surface area contributed by atoms with E-state index >= 15 is 0 Å². The summed E-state index contributed by atoms with van der Waals surface area (Å²) in [6, 6.07) is 4.01. The zero-order chi connectivity index (χ0) is 7.68. The maximum Gasteiger partial charge on any atom is 0.164 e. The Morgan fingerprint density at radius 2 is 2.45 bits per heavy atom. The highest BCUT2D eigenvalue weighted by Gasteiger charge is 1.99. The Labute approximate surface area is 72.2 Å². The molecule has 2 heterocycles. The minimum atomic E-state index is 0.816. The molecule has 0 atom stereocenters. The minimum absolute atomic E-state index is 0.816. The van der Waals surface area contributed by atoms with Gasteiger partial charge in [-0.3, -0.25) is 4.40 Å². The molecule has 3 nitrogen and oxygen atoms in total. The van der Waals surface area contributed by atoms with Crippen molar-refractivity contribution in [2.45, 2.75) is 5.33 Å². The molecule has 0 bridgehead atoms. The largest absolute Gasteiger partial charge is 0.289 e. The molecular weight excluding hydrogens is 206 g/mol. The van der Waals surface area contributed by atoms with Gasteiger partial charge in [-0.1, -0.05) is 22.0 Å². The van der Waals surface area contributed by atoms with Gasteiger partial charge in [0.05, 0.1) is 0 Å². The molecular formula is C7H6BrN3. The van der Waals surface area contributed by atoms with Gasteiger partial charge in [-0.05, 0) is 6.07 Å². The summed E-state index contributed by atoms with van der Waals surface area (Å²) in [5.74, 6) is 0. The van der Waals surface area contributed by atoms with Crippen molar-refractivity contribution in [2.75, 3.05) is 0 Å². The summed E-state index contributed by atoms with van der Waals surface area (Å²) >= 11 is 3.38. The number of fused-ring (bicyclic) bond motifs is 1. The van der Waals surface area contributed by atoms with Gasteiger partial charge in [0.1, 0.15) is 6.33 Å². The first-order chi connectivity index (χ1) is 5.42. The van der Waals surface area contributed by atoms with Crippen LogP contribution in [0.1, 0.15) is 5.56 Å². The first kappa shape index (κ1) is 6.79. The zero-order valence-electron chi connectivity index (χ0n) is 5.74. The van der Waals surface area contributed by atoms with Crippen molar-refractivity contribution in [3.05, 3.63) is 30.2 Å². The standard InChI is InChI=1S/C7H6BrN3/c8-4-6-2-1-3-11-5-9-10-7(6)11/h1-3,5H,4H2. The van der Waals surface area contributed by atoms with Crippen LogP contribution < -0.4 is 0 Å². The molecule has 11 heavy (non-hydrogen) atoms. The van der Waals surface area contributed by atoms with Crippen LogP contribution in [0.5, 0.6) is 0 Å². The SMILES string of the molecule is BrCc1cccn2cnnc12. The maximum absolute atomic E-state index is 3.97. The number of aromatic nitrogens is 3. The second kappa shape index (κ2) is 2.62. The van der Waals surface area contributed by atoms with E-state index in [1.807, 2.05) is 22.7 Å². The van der Waals surface area contributed by atoms with Gasteiger partial charge in [-0.2, -0.15) is 0 Å². The molecule has 0 amide bonds. The van der Waals surface area contributed by atoms with E-state index in [4.69, 9.17) is 0 Å². The molecule has 0 aliphatic carbocycles. The number of rotatable bonds is 1. The van der Waals surface area contributed by atoms with Crippen LogP contribution in [-0.4, -0.2) is 14.6 Å². The van der Waals surface area contributed by atoms with Crippen molar-refractivity contribution in [1.29, 1.82) is 0 Å². The van der Waals surface area contributed by atoms with Crippen LogP contribution in [0.3, 0.4) is 0 Å². The molecule has 0 unspecified atom stereocenters. The monoisotopic (exact) mass is 211 g/mol. The number of pyridine rings is 1. The highest BCUT2D eigenvalue weighted by Crippen LogP contribution is 2.10. The first-order valence-corrected chi connectivity index (χ1v) is 4.37. The van der Waals surface area contributed by atoms with Gasteiger partial charge < -0.3 is 0 Å². The summed E-state index contributed by atoms with van der Waals surface area (Å²) in [4.78, 5) is 0. The second-order valence-corrected chi connectivity index (χ2v) is 2.79. The predicted octanol–water partition coefficient (Wildman–Crippen LogP) is 1.62. The van der Waals surface area contributed by atoms with Crippen molar-refractivity contribution >= 4 is 21.6 Å². The Hall–Kier alpha value is -0.900. The average molecular weight is 212 g/mol. The van der Waals surface area contributed by atoms with E-state index in [-0.39, 0.29) is 0 Å². The van der Waals surface area contributed by atoms with E-state index in [0.717, 1.165) is 16.5 Å². The van der Waals surface area contributed by atoms with E-state index in [9.17, 15) is 0 Å². The van der Waals surface area contributed by atoms with E-state index in [1.165, 1.54) is 0 Å². The molecule has 0 spiro atoms. The molecule has 0 saturated heterocycles. The quantitative estimate of drug-likeness (QED) is 0.672. The summed E-state index contributed by atoms with van der Waals surface area (Å²) in [7, 11) is 0. The Balaban J connectivity index is 2.79. The van der Waals surface area contributed by atoms with Gasteiger partial charge in [0.2, 0.25) is 0 Å². The van der Waals surface area contributed by atoms with Crippen LogP contribution in [0, 0.1) is 0 Å². The van der Waals surface area contributed by atoms with Crippen LogP contribution >= 0.6 is 15.9 Å². The molecule has 0 aromatic carbocycles. The van der Waals surface area contributed by atoms with Crippen molar-refractivity contribution in [3.8, 4) is 0 Å². The lowest BCUT2D eigenvalue weighted by Gasteiger charge is -1.95. The third-order valence-electron chi connectivity index (χ3n) is 1.55. The number of nitrogens with zero attached hydrogens (tertiary/aromatic N) is 3. The zero-order valence-corrected chi connectivity index (χ0v) is 7.32. The van der Waals surface area contributed by atoms with Gasteiger partial charge in [0.15, 0.2) is 5.65 Å². The number of hydrogen-bond acceptors (Lipinski definition) is 2. The van der Waals surface area contributed by atoms with Gasteiger partial charge in [0.25, 0.3) is 0 Å². The van der Waals surface area contributed by atoms with Gasteiger partial charge in [-0.25, -0.2) is 0 Å². The lowest BCUT2D eigenvalue weighted by atomic mass is 10.3. The topological polar surface area (TPSA) is 30.2 Å². The second-order valence-electron chi connectivity index (χ2n) is 2.23. The Bertz CT molecular complexity index is 368. The van der Waals surface area contributed by atoms with Crippen molar-refractivity contribution < 1.29 is 0 Å². The number of halogens is 1. The Kier molecular flexibility index (Phi) is 1.62. The van der Waals surface area contributed by atoms with Crippen molar-refractivity contribution in [3.63, 3.8) is 0 Å². The normalized spacial score (nSPS) is 10.6. The summed E-state index contributed by atoms with van der Waals surface area (Å²) in [6.45, 7) is 0. The van der Waals surface area contributed by atoms with Crippen LogP contribution in [0.25, 0.3) is 5.65 Å². The molecule has 0 fully saturated rings. The van der Waals surface area contributed by atoms with Gasteiger partial charge in [0, 0.05) is 17.1 Å². The highest BCUT2D eigenvalue weighted by atomic mass is 79.9. The highest BCUT2D eigenvalue weighted by molar-refractivity contribution is 9.08. The van der Waals surface area contributed by atoms with Crippen molar-refractivity contribution in [1.82, 2.24) is 14.6 Å². The lowest BCUT2D eigenvalue weighted by molar-refractivity contribution is 1.10. The Morgan fingerprint density at radius 1 is 1.55 bits per heavy atom. The molecule has 4 heteroatoms. The molecule has 0 aliphatic rings.